The quantitative estimate of drug-likeness (QED) is 0.430. The van der Waals surface area contributed by atoms with Gasteiger partial charge in [0.05, 0.1) is 12.6 Å². The Balaban J connectivity index is 1.69. The molecule has 1 saturated heterocycles. The Morgan fingerprint density at radius 1 is 0.933 bits per heavy atom. The van der Waals surface area contributed by atoms with Gasteiger partial charge in [-0.05, 0) is 96.2 Å². The van der Waals surface area contributed by atoms with E-state index in [0.29, 0.717) is 0 Å². The second-order valence-corrected chi connectivity index (χ2v) is 8.28. The maximum Gasteiger partial charge on any atom is 0.199 e. The zero-order chi connectivity index (χ0) is 21.5. The van der Waals surface area contributed by atoms with Gasteiger partial charge in [-0.25, -0.2) is 0 Å². The van der Waals surface area contributed by atoms with Crippen molar-refractivity contribution in [3.05, 3.63) is 29.8 Å². The average Bonchev–Trinajstić information content (AvgIpc) is 2.82. The zero-order valence-corrected chi connectivity index (χ0v) is 18.1. The molecule has 3 rings (SSSR count). The number of rotatable bonds is 10. The molecule has 2 aliphatic rings. The Morgan fingerprint density at radius 2 is 1.63 bits per heavy atom. The van der Waals surface area contributed by atoms with Gasteiger partial charge >= 0.3 is 0 Å². The van der Waals surface area contributed by atoms with Gasteiger partial charge in [0, 0.05) is 6.54 Å². The lowest BCUT2D eigenvalue weighted by molar-refractivity contribution is 0.138. The Morgan fingerprint density at radius 3 is 2.23 bits per heavy atom. The lowest BCUT2D eigenvalue weighted by atomic mass is 9.66. The summed E-state index contributed by atoms with van der Waals surface area (Å²) in [7, 11) is 0. The van der Waals surface area contributed by atoms with Gasteiger partial charge in [0.25, 0.3) is 0 Å². The van der Waals surface area contributed by atoms with Crippen molar-refractivity contribution in [1.82, 2.24) is 4.90 Å². The summed E-state index contributed by atoms with van der Waals surface area (Å²) in [6, 6.07) is 7.82. The van der Waals surface area contributed by atoms with Crippen molar-refractivity contribution < 1.29 is 4.74 Å². The van der Waals surface area contributed by atoms with Crippen LogP contribution in [-0.2, 0) is 5.54 Å². The normalized spacial score (nSPS) is 26.5. The molecule has 1 saturated carbocycles. The predicted octanol–water partition coefficient (Wildman–Crippen LogP) is 4.19. The van der Waals surface area contributed by atoms with E-state index in [0.717, 1.165) is 50.1 Å². The fourth-order valence-corrected chi connectivity index (χ4v) is 5.08. The molecule has 0 aromatic heterocycles. The lowest BCUT2D eigenvalue weighted by Crippen LogP contribution is -2.57. The van der Waals surface area contributed by atoms with Crippen LogP contribution in [0.5, 0.6) is 5.75 Å². The fraction of sp³-hybridized carbons (Fsp3) is 0.583. The molecule has 0 bridgehead atoms. The standard InChI is InChI=1S/C24H35N5O/c1-25-22-10-8-15-23(26-2,24(22,27-3)28-4)20-11-13-21(14-12-20)30-19-9-18-29-16-6-5-7-17-29/h11-14,22H,1-10,15-19H2. The summed E-state index contributed by atoms with van der Waals surface area (Å²) in [5.41, 5.74) is -0.773. The number of benzene rings is 1. The van der Waals surface area contributed by atoms with Crippen molar-refractivity contribution in [2.45, 2.75) is 62.2 Å². The van der Waals surface area contributed by atoms with Gasteiger partial charge in [0.2, 0.25) is 0 Å². The summed E-state index contributed by atoms with van der Waals surface area (Å²) < 4.78 is 5.98. The van der Waals surface area contributed by atoms with E-state index >= 15 is 0 Å². The third-order valence-electron chi connectivity index (χ3n) is 6.73. The molecule has 2 unspecified atom stereocenters. The van der Waals surface area contributed by atoms with Crippen molar-refractivity contribution in [1.29, 1.82) is 0 Å². The molecule has 0 N–H and O–H groups in total. The molecule has 1 heterocycles. The molecule has 0 amide bonds. The highest BCUT2D eigenvalue weighted by Crippen LogP contribution is 2.51. The molecule has 1 aromatic carbocycles. The van der Waals surface area contributed by atoms with E-state index < -0.39 is 11.2 Å². The summed E-state index contributed by atoms with van der Waals surface area (Å²) in [5, 5.41) is 0. The van der Waals surface area contributed by atoms with Crippen LogP contribution in [0.1, 0.15) is 50.5 Å². The lowest BCUT2D eigenvalue weighted by Gasteiger charge is -2.49. The van der Waals surface area contributed by atoms with Crippen molar-refractivity contribution in [2.75, 3.05) is 26.2 Å². The van der Waals surface area contributed by atoms with E-state index in [-0.39, 0.29) is 6.04 Å². The van der Waals surface area contributed by atoms with E-state index in [1.807, 2.05) is 24.3 Å². The molecule has 1 aliphatic heterocycles. The minimum atomic E-state index is -0.994. The molecule has 162 valence electrons. The van der Waals surface area contributed by atoms with Gasteiger partial charge in [-0.2, -0.15) is 0 Å². The van der Waals surface area contributed by atoms with E-state index in [2.05, 4.69) is 51.7 Å². The Bertz CT molecular complexity index is 732. The molecule has 0 spiro atoms. The highest BCUT2D eigenvalue weighted by atomic mass is 16.5. The summed E-state index contributed by atoms with van der Waals surface area (Å²) in [6.45, 7) is 19.5. The molecular weight excluding hydrogens is 374 g/mol. The minimum Gasteiger partial charge on any atom is -0.494 e. The maximum absolute atomic E-state index is 5.98. The molecule has 6 heteroatoms. The highest BCUT2D eigenvalue weighted by Gasteiger charge is 2.58. The number of nitrogens with zero attached hydrogens (tertiary/aromatic N) is 5. The van der Waals surface area contributed by atoms with Gasteiger partial charge in [-0.1, -0.05) is 18.6 Å². The molecule has 1 aliphatic carbocycles. The van der Waals surface area contributed by atoms with Gasteiger partial charge in [0.15, 0.2) is 5.66 Å². The van der Waals surface area contributed by atoms with Crippen LogP contribution < -0.4 is 4.74 Å². The van der Waals surface area contributed by atoms with Crippen molar-refractivity contribution in [3.8, 4) is 5.75 Å². The second-order valence-electron chi connectivity index (χ2n) is 8.28. The molecule has 30 heavy (non-hydrogen) atoms. The van der Waals surface area contributed by atoms with Crippen LogP contribution in [0.2, 0.25) is 0 Å². The van der Waals surface area contributed by atoms with Crippen LogP contribution in [-0.4, -0.2) is 69.7 Å². The van der Waals surface area contributed by atoms with E-state index in [1.54, 1.807) is 0 Å². The van der Waals surface area contributed by atoms with Gasteiger partial charge in [-0.3, -0.25) is 20.0 Å². The summed E-state index contributed by atoms with van der Waals surface area (Å²) in [5.74, 6) is 0.856. The molecular formula is C24H35N5O. The Labute approximate surface area is 180 Å². The Kier molecular flexibility index (Phi) is 7.53. The summed E-state index contributed by atoms with van der Waals surface area (Å²) in [4.78, 5) is 20.2. The van der Waals surface area contributed by atoms with Crippen LogP contribution in [0.4, 0.5) is 0 Å². The van der Waals surface area contributed by atoms with Crippen molar-refractivity contribution in [3.63, 3.8) is 0 Å². The van der Waals surface area contributed by atoms with Crippen molar-refractivity contribution >= 4 is 26.9 Å². The molecule has 1 aromatic rings. The van der Waals surface area contributed by atoms with Gasteiger partial charge in [-0.15, -0.1) is 0 Å². The van der Waals surface area contributed by atoms with Gasteiger partial charge < -0.3 is 9.64 Å². The van der Waals surface area contributed by atoms with Crippen molar-refractivity contribution in [2.24, 2.45) is 20.0 Å². The number of piperidine rings is 1. The molecule has 6 nitrogen and oxygen atoms in total. The van der Waals surface area contributed by atoms with Crippen LogP contribution in [0.3, 0.4) is 0 Å². The minimum absolute atomic E-state index is 0.225. The topological polar surface area (TPSA) is 61.9 Å². The monoisotopic (exact) mass is 409 g/mol. The smallest absolute Gasteiger partial charge is 0.199 e. The number of hydrogen-bond acceptors (Lipinski definition) is 6. The summed E-state index contributed by atoms with van der Waals surface area (Å²) >= 11 is 0. The third-order valence-corrected chi connectivity index (χ3v) is 6.73. The number of aliphatic imine (C=N–C) groups is 4. The number of hydrogen-bond donors (Lipinski definition) is 0. The van der Waals surface area contributed by atoms with Crippen LogP contribution >= 0.6 is 0 Å². The molecule has 2 atom stereocenters. The molecule has 2 fully saturated rings. The van der Waals surface area contributed by atoms with Crippen LogP contribution in [0.15, 0.2) is 44.2 Å². The number of ether oxygens (including phenoxy) is 1. The predicted molar refractivity (Wildman–Crippen MR) is 127 cm³/mol. The first-order valence-electron chi connectivity index (χ1n) is 11.0. The first-order chi connectivity index (χ1) is 14.7. The third kappa shape index (κ3) is 4.10. The van der Waals surface area contributed by atoms with E-state index in [4.69, 9.17) is 4.74 Å². The van der Waals surface area contributed by atoms with E-state index in [9.17, 15) is 0 Å². The van der Waals surface area contributed by atoms with Gasteiger partial charge in [0.1, 0.15) is 11.3 Å². The first kappa shape index (κ1) is 22.3. The Hall–Kier alpha value is -2.34. The van der Waals surface area contributed by atoms with Crippen LogP contribution in [0, 0.1) is 0 Å². The molecule has 0 radical (unpaired) electrons. The highest BCUT2D eigenvalue weighted by molar-refractivity contribution is 5.46. The van der Waals surface area contributed by atoms with Crippen LogP contribution in [0.25, 0.3) is 0 Å². The summed E-state index contributed by atoms with van der Waals surface area (Å²) in [6.07, 6.45) is 7.58. The maximum atomic E-state index is 5.98. The zero-order valence-electron chi connectivity index (χ0n) is 18.1. The fourth-order valence-electron chi connectivity index (χ4n) is 5.08. The number of likely N-dealkylation sites (tertiary alicyclic amines) is 1. The second kappa shape index (κ2) is 10.1. The first-order valence-corrected chi connectivity index (χ1v) is 11.0. The largest absolute Gasteiger partial charge is 0.494 e. The SMILES string of the molecule is C=NC1CCCC(N=C)(c2ccc(OCCCN3CCCCC3)cc2)C1(N=C)N=C. The van der Waals surface area contributed by atoms with E-state index in [1.165, 1.54) is 32.4 Å². The average molecular weight is 410 g/mol.